The van der Waals surface area contributed by atoms with E-state index >= 15 is 0 Å². The lowest BCUT2D eigenvalue weighted by Gasteiger charge is -2.10. The van der Waals surface area contributed by atoms with Gasteiger partial charge in [0.15, 0.2) is 0 Å². The van der Waals surface area contributed by atoms with Crippen molar-refractivity contribution >= 4 is 5.97 Å². The lowest BCUT2D eigenvalue weighted by atomic mass is 9.96. The highest BCUT2D eigenvalue weighted by Gasteiger charge is 2.09. The van der Waals surface area contributed by atoms with Gasteiger partial charge in [-0.15, -0.1) is 0 Å². The van der Waals surface area contributed by atoms with Gasteiger partial charge in [0.05, 0.1) is 5.92 Å². The van der Waals surface area contributed by atoms with E-state index in [9.17, 15) is 4.79 Å². The Hall–Kier alpha value is -0.530. The van der Waals surface area contributed by atoms with Crippen LogP contribution in [-0.4, -0.2) is 11.1 Å². The molecule has 0 saturated heterocycles. The van der Waals surface area contributed by atoms with Crippen LogP contribution < -0.4 is 0 Å². The van der Waals surface area contributed by atoms with E-state index < -0.39 is 5.97 Å². The number of carboxylic acid groups (broad SMARTS) is 1. The Morgan fingerprint density at radius 3 is 2.21 bits per heavy atom. The zero-order valence-corrected chi connectivity index (χ0v) is 9.75. The summed E-state index contributed by atoms with van der Waals surface area (Å²) < 4.78 is 0. The predicted octanol–water partition coefficient (Wildman–Crippen LogP) is 3.70. The van der Waals surface area contributed by atoms with Crippen molar-refractivity contribution in [2.45, 2.75) is 59.3 Å². The van der Waals surface area contributed by atoms with E-state index in [0.717, 1.165) is 18.8 Å². The third-order valence-electron chi connectivity index (χ3n) is 2.79. The summed E-state index contributed by atoms with van der Waals surface area (Å²) in [6.07, 6.45) is 6.87. The van der Waals surface area contributed by atoms with Gasteiger partial charge in [0, 0.05) is 0 Å². The minimum absolute atomic E-state index is 0.170. The lowest BCUT2D eigenvalue weighted by Crippen LogP contribution is -2.09. The molecule has 1 N–H and O–H groups in total. The average Bonchev–Trinajstić information content (AvgIpc) is 2.12. The maximum absolute atomic E-state index is 10.5. The van der Waals surface area contributed by atoms with Crippen LogP contribution in [0.25, 0.3) is 0 Å². The van der Waals surface area contributed by atoms with E-state index in [1.165, 1.54) is 25.7 Å². The van der Waals surface area contributed by atoms with Crippen LogP contribution in [0, 0.1) is 11.8 Å². The largest absolute Gasteiger partial charge is 0.481 e. The van der Waals surface area contributed by atoms with Gasteiger partial charge in [0.2, 0.25) is 0 Å². The molecule has 0 fully saturated rings. The molecule has 0 amide bonds. The normalized spacial score (nSPS) is 15.1. The van der Waals surface area contributed by atoms with Crippen LogP contribution in [0.3, 0.4) is 0 Å². The first-order valence-corrected chi connectivity index (χ1v) is 5.80. The number of carboxylic acids is 1. The molecule has 2 atom stereocenters. The number of unbranched alkanes of at least 4 members (excludes halogenated alkanes) is 1. The first kappa shape index (κ1) is 13.5. The Morgan fingerprint density at radius 1 is 1.14 bits per heavy atom. The molecule has 84 valence electrons. The van der Waals surface area contributed by atoms with E-state index in [1.807, 2.05) is 0 Å². The molecule has 0 aromatic carbocycles. The molecule has 0 aromatic rings. The van der Waals surface area contributed by atoms with Crippen molar-refractivity contribution in [3.63, 3.8) is 0 Å². The number of hydrogen-bond donors (Lipinski definition) is 1. The van der Waals surface area contributed by atoms with E-state index in [4.69, 9.17) is 5.11 Å². The average molecular weight is 200 g/mol. The molecule has 0 saturated carbocycles. The van der Waals surface area contributed by atoms with Crippen molar-refractivity contribution in [2.75, 3.05) is 0 Å². The molecule has 0 aliphatic heterocycles. The van der Waals surface area contributed by atoms with Gasteiger partial charge in [-0.2, -0.15) is 0 Å². The molecule has 14 heavy (non-hydrogen) atoms. The fraction of sp³-hybridized carbons (Fsp3) is 0.917. The van der Waals surface area contributed by atoms with Gasteiger partial charge in [0.1, 0.15) is 0 Å². The highest BCUT2D eigenvalue weighted by Crippen LogP contribution is 2.16. The number of hydrogen-bond acceptors (Lipinski definition) is 1. The zero-order valence-electron chi connectivity index (χ0n) is 9.75. The second-order valence-corrected chi connectivity index (χ2v) is 4.42. The van der Waals surface area contributed by atoms with E-state index in [2.05, 4.69) is 13.8 Å². The first-order chi connectivity index (χ1) is 6.57. The quantitative estimate of drug-likeness (QED) is 0.606. The maximum Gasteiger partial charge on any atom is 0.306 e. The van der Waals surface area contributed by atoms with Crippen molar-refractivity contribution in [1.29, 1.82) is 0 Å². The summed E-state index contributed by atoms with van der Waals surface area (Å²) in [5.74, 6) is -0.0248. The summed E-state index contributed by atoms with van der Waals surface area (Å²) in [5, 5.41) is 8.67. The molecular formula is C12H24O2. The zero-order chi connectivity index (χ0) is 11.0. The topological polar surface area (TPSA) is 37.3 Å². The van der Waals surface area contributed by atoms with E-state index in [-0.39, 0.29) is 5.92 Å². The molecule has 2 unspecified atom stereocenters. The fourth-order valence-corrected chi connectivity index (χ4v) is 1.70. The standard InChI is InChI=1S/C12H24O2/c1-4-7-10(2)8-5-6-9-11(3)12(13)14/h10-11H,4-9H2,1-3H3,(H,13,14). The van der Waals surface area contributed by atoms with Crippen LogP contribution in [0.15, 0.2) is 0 Å². The molecule has 0 radical (unpaired) electrons. The van der Waals surface area contributed by atoms with Crippen LogP contribution in [0.2, 0.25) is 0 Å². The smallest absolute Gasteiger partial charge is 0.306 e. The molecule has 2 heteroatoms. The number of aliphatic carboxylic acids is 1. The summed E-state index contributed by atoms with van der Waals surface area (Å²) >= 11 is 0. The van der Waals surface area contributed by atoms with E-state index in [0.29, 0.717) is 0 Å². The van der Waals surface area contributed by atoms with Crippen LogP contribution in [0.5, 0.6) is 0 Å². The highest BCUT2D eigenvalue weighted by molar-refractivity contribution is 5.69. The van der Waals surface area contributed by atoms with Crippen LogP contribution in [0.4, 0.5) is 0 Å². The lowest BCUT2D eigenvalue weighted by molar-refractivity contribution is -0.141. The van der Waals surface area contributed by atoms with Crippen molar-refractivity contribution < 1.29 is 9.90 Å². The molecule has 0 bridgehead atoms. The monoisotopic (exact) mass is 200 g/mol. The molecule has 0 rings (SSSR count). The van der Waals surface area contributed by atoms with Crippen molar-refractivity contribution in [3.05, 3.63) is 0 Å². The molecule has 0 aromatic heterocycles. The van der Waals surface area contributed by atoms with Crippen molar-refractivity contribution in [2.24, 2.45) is 11.8 Å². The van der Waals surface area contributed by atoms with Crippen molar-refractivity contribution in [3.8, 4) is 0 Å². The number of carbonyl (C=O) groups is 1. The second kappa shape index (κ2) is 7.84. The van der Waals surface area contributed by atoms with E-state index in [1.54, 1.807) is 6.92 Å². The third kappa shape index (κ3) is 6.93. The molecule has 2 nitrogen and oxygen atoms in total. The molecular weight excluding hydrogens is 176 g/mol. The Morgan fingerprint density at radius 2 is 1.71 bits per heavy atom. The fourth-order valence-electron chi connectivity index (χ4n) is 1.70. The molecule has 0 aliphatic carbocycles. The first-order valence-electron chi connectivity index (χ1n) is 5.80. The van der Waals surface area contributed by atoms with Gasteiger partial charge in [-0.1, -0.05) is 52.9 Å². The molecule has 0 spiro atoms. The summed E-state index contributed by atoms with van der Waals surface area (Å²) in [4.78, 5) is 10.5. The Balaban J connectivity index is 3.33. The van der Waals surface area contributed by atoms with Crippen molar-refractivity contribution in [1.82, 2.24) is 0 Å². The van der Waals surface area contributed by atoms with Crippen LogP contribution >= 0.6 is 0 Å². The SMILES string of the molecule is CCCC(C)CCCCC(C)C(=O)O. The second-order valence-electron chi connectivity index (χ2n) is 4.42. The Labute approximate surface area is 87.7 Å². The van der Waals surface area contributed by atoms with Gasteiger partial charge >= 0.3 is 5.97 Å². The van der Waals surface area contributed by atoms with Crippen LogP contribution in [0.1, 0.15) is 59.3 Å². The predicted molar refractivity (Wildman–Crippen MR) is 59.3 cm³/mol. The Kier molecular flexibility index (Phi) is 7.54. The third-order valence-corrected chi connectivity index (χ3v) is 2.79. The summed E-state index contributed by atoms with van der Waals surface area (Å²) in [6.45, 7) is 6.28. The summed E-state index contributed by atoms with van der Waals surface area (Å²) in [7, 11) is 0. The Bertz CT molecular complexity index is 154. The van der Waals surface area contributed by atoms with Gasteiger partial charge in [-0.3, -0.25) is 4.79 Å². The van der Waals surface area contributed by atoms with Crippen LogP contribution in [-0.2, 0) is 4.79 Å². The van der Waals surface area contributed by atoms with Gasteiger partial charge in [-0.25, -0.2) is 0 Å². The van der Waals surface area contributed by atoms with Gasteiger partial charge in [0.25, 0.3) is 0 Å². The van der Waals surface area contributed by atoms with Gasteiger partial charge < -0.3 is 5.11 Å². The van der Waals surface area contributed by atoms with Gasteiger partial charge in [-0.05, 0) is 12.3 Å². The highest BCUT2D eigenvalue weighted by atomic mass is 16.4. The summed E-state index contributed by atoms with van der Waals surface area (Å²) in [5.41, 5.74) is 0. The molecule has 0 heterocycles. The minimum atomic E-state index is -0.661. The summed E-state index contributed by atoms with van der Waals surface area (Å²) in [6, 6.07) is 0. The number of rotatable bonds is 8. The maximum atomic E-state index is 10.5. The molecule has 0 aliphatic rings. The minimum Gasteiger partial charge on any atom is -0.481 e.